The van der Waals surface area contributed by atoms with Crippen molar-refractivity contribution in [1.29, 1.82) is 0 Å². The molecule has 0 unspecified atom stereocenters. The molecule has 1 radical (unpaired) electrons. The monoisotopic (exact) mass is 599 g/mol. The fraction of sp³-hybridized carbons (Fsp3) is 0.484. The molecular formula is C31H45N3O3SiZn-. The third kappa shape index (κ3) is 9.04. The number of pyridine rings is 3. The summed E-state index contributed by atoms with van der Waals surface area (Å²) >= 11 is 0. The average Bonchev–Trinajstić information content (AvgIpc) is 2.74. The maximum atomic E-state index is 13.3. The van der Waals surface area contributed by atoms with E-state index in [1.54, 1.807) is 36.8 Å². The SMILES string of the molecule is CC(C)(C)c1ccn([C-](n2ccc(C(C)(C)C)cc2=O)n2ccc(C(C)(C)C)cc2=O)c(=O)c1.C[Si](C)C.[Zn]. The summed E-state index contributed by atoms with van der Waals surface area (Å²) < 4.78 is 4.06. The molecule has 0 saturated heterocycles. The number of nitrogens with zero attached hydrogens (tertiary/aromatic N) is 3. The van der Waals surface area contributed by atoms with Crippen LogP contribution in [0.2, 0.25) is 19.6 Å². The van der Waals surface area contributed by atoms with Crippen LogP contribution < -0.4 is 16.7 Å². The smallest absolute Gasteiger partial charge is 0.209 e. The van der Waals surface area contributed by atoms with Gasteiger partial charge in [0.15, 0.2) is 0 Å². The van der Waals surface area contributed by atoms with Crippen LogP contribution in [-0.2, 0) is 35.7 Å². The maximum Gasteiger partial charge on any atom is 0.209 e. The fourth-order valence-electron chi connectivity index (χ4n) is 3.68. The van der Waals surface area contributed by atoms with Crippen molar-refractivity contribution in [3.05, 3.63) is 109 Å². The Morgan fingerprint density at radius 1 is 0.538 bits per heavy atom. The normalized spacial score (nSPS) is 11.9. The molecule has 0 bridgehead atoms. The minimum Gasteiger partial charge on any atom is -0.325 e. The summed E-state index contributed by atoms with van der Waals surface area (Å²) in [6.45, 7) is 25.1. The maximum absolute atomic E-state index is 13.3. The molecule has 3 aromatic rings. The second-order valence-electron chi connectivity index (χ2n) is 13.4. The van der Waals surface area contributed by atoms with Crippen LogP contribution in [0.25, 0.3) is 0 Å². The van der Waals surface area contributed by atoms with Gasteiger partial charge in [-0.05, 0) is 69.7 Å². The molecule has 0 aliphatic carbocycles. The summed E-state index contributed by atoms with van der Waals surface area (Å²) in [5.41, 5.74) is 1.03. The Morgan fingerprint density at radius 2 is 0.744 bits per heavy atom. The molecule has 0 aromatic carbocycles. The van der Waals surface area contributed by atoms with Gasteiger partial charge in [0.05, 0.1) is 0 Å². The first-order valence-electron chi connectivity index (χ1n) is 13.1. The summed E-state index contributed by atoms with van der Waals surface area (Å²) in [6, 6.07) is 10.2. The first kappa shape index (κ1) is 34.6. The van der Waals surface area contributed by atoms with Gasteiger partial charge in [-0.3, -0.25) is 0 Å². The molecule has 0 N–H and O–H groups in total. The van der Waals surface area contributed by atoms with E-state index in [1.807, 2.05) is 80.5 Å². The quantitative estimate of drug-likeness (QED) is 0.281. The Hall–Kier alpha value is -2.44. The number of aromatic nitrogens is 3. The average molecular weight is 601 g/mol. The van der Waals surface area contributed by atoms with Crippen LogP contribution in [0.5, 0.6) is 0 Å². The minimum atomic E-state index is -0.318. The summed E-state index contributed by atoms with van der Waals surface area (Å²) in [5.74, 6) is 0. The predicted molar refractivity (Wildman–Crippen MR) is 161 cm³/mol. The summed E-state index contributed by atoms with van der Waals surface area (Å²) in [6.07, 6.45) is 5.05. The molecule has 0 atom stereocenters. The summed E-state index contributed by atoms with van der Waals surface area (Å²) in [4.78, 5) is 39.8. The number of hydrogen-bond donors (Lipinski definition) is 0. The van der Waals surface area contributed by atoms with Crippen LogP contribution in [-0.4, -0.2) is 22.5 Å². The Morgan fingerprint density at radius 3 is 0.897 bits per heavy atom. The molecule has 39 heavy (non-hydrogen) atoms. The van der Waals surface area contributed by atoms with Crippen molar-refractivity contribution in [2.75, 3.05) is 0 Å². The van der Waals surface area contributed by atoms with E-state index in [4.69, 9.17) is 0 Å². The van der Waals surface area contributed by atoms with Crippen LogP contribution in [0.4, 0.5) is 0 Å². The molecule has 0 aliphatic heterocycles. The second kappa shape index (κ2) is 12.8. The van der Waals surface area contributed by atoms with Crippen molar-refractivity contribution in [2.24, 2.45) is 0 Å². The van der Waals surface area contributed by atoms with Crippen LogP contribution in [0.15, 0.2) is 69.4 Å². The number of rotatable bonds is 3. The van der Waals surface area contributed by atoms with Crippen molar-refractivity contribution < 1.29 is 19.5 Å². The van der Waals surface area contributed by atoms with Crippen molar-refractivity contribution in [3.8, 4) is 0 Å². The molecule has 6 nitrogen and oxygen atoms in total. The van der Waals surface area contributed by atoms with Crippen LogP contribution in [0.1, 0.15) is 79.0 Å². The molecular weight excluding hydrogens is 556 g/mol. The van der Waals surface area contributed by atoms with E-state index >= 15 is 0 Å². The third-order valence-corrected chi connectivity index (χ3v) is 6.00. The zero-order valence-corrected chi connectivity index (χ0v) is 29.9. The zero-order chi connectivity index (χ0) is 29.2. The van der Waals surface area contributed by atoms with Gasteiger partial charge in [0.25, 0.3) is 0 Å². The Kier molecular flexibility index (Phi) is 11.4. The predicted octanol–water partition coefficient (Wildman–Crippen LogP) is 5.82. The third-order valence-electron chi connectivity index (χ3n) is 6.00. The summed E-state index contributed by atoms with van der Waals surface area (Å²) in [7, 11) is 0.120. The van der Waals surface area contributed by atoms with E-state index in [1.165, 1.54) is 13.7 Å². The standard InChI is InChI=1S/C28H36N3O3.C3H9Si.Zn/c1-26(2,3)19-10-13-29(22(32)16-19)25(30-14-11-20(17-23(30)33)27(4,5)6)31-15-12-21(18-24(31)34)28(7,8)9;1-4(2)3;/h10-18H,1-9H3;1-3H3;/q-1;;. The molecule has 3 heterocycles. The van der Waals surface area contributed by atoms with Gasteiger partial charge in [0.1, 0.15) is 6.29 Å². The van der Waals surface area contributed by atoms with Crippen LogP contribution in [0, 0.1) is 6.29 Å². The van der Waals surface area contributed by atoms with Crippen LogP contribution in [0.3, 0.4) is 0 Å². The first-order valence-corrected chi connectivity index (χ1v) is 16.1. The molecule has 209 valence electrons. The molecule has 0 aliphatic rings. The molecule has 3 rings (SSSR count). The van der Waals surface area contributed by atoms with Crippen molar-refractivity contribution in [3.63, 3.8) is 0 Å². The molecule has 0 spiro atoms. The van der Waals surface area contributed by atoms with E-state index in [0.717, 1.165) is 16.7 Å². The molecule has 3 aromatic heterocycles. The van der Waals surface area contributed by atoms with Gasteiger partial charge in [-0.1, -0.05) is 100 Å². The van der Waals surface area contributed by atoms with E-state index in [9.17, 15) is 14.4 Å². The minimum absolute atomic E-state index is 0. The Balaban J connectivity index is 0.00000142. The largest absolute Gasteiger partial charge is 0.325 e. The fourth-order valence-corrected chi connectivity index (χ4v) is 3.68. The van der Waals surface area contributed by atoms with Gasteiger partial charge < -0.3 is 28.1 Å². The number of hydrogen-bond acceptors (Lipinski definition) is 3. The van der Waals surface area contributed by atoms with Crippen LogP contribution >= 0.6 is 0 Å². The molecule has 8 heteroatoms. The van der Waals surface area contributed by atoms with E-state index < -0.39 is 0 Å². The zero-order valence-electron chi connectivity index (χ0n) is 26.0. The van der Waals surface area contributed by atoms with Gasteiger partial charge in [-0.2, -0.15) is 0 Å². The Bertz CT molecular complexity index is 1260. The molecule has 0 saturated carbocycles. The Labute approximate surface area is 248 Å². The van der Waals surface area contributed by atoms with Gasteiger partial charge in [0.2, 0.25) is 16.7 Å². The van der Waals surface area contributed by atoms with Crippen molar-refractivity contribution in [2.45, 2.75) is 98.2 Å². The van der Waals surface area contributed by atoms with Crippen molar-refractivity contribution >= 4 is 8.80 Å². The molecule has 0 fully saturated rings. The molecule has 0 amide bonds. The topological polar surface area (TPSA) is 66.0 Å². The first-order chi connectivity index (χ1) is 17.2. The second-order valence-corrected chi connectivity index (χ2v) is 16.4. The van der Waals surface area contributed by atoms with E-state index in [-0.39, 0.29) is 67.5 Å². The van der Waals surface area contributed by atoms with Gasteiger partial charge in [0, 0.05) is 28.3 Å². The van der Waals surface area contributed by atoms with Crippen molar-refractivity contribution in [1.82, 2.24) is 13.7 Å². The van der Waals surface area contributed by atoms with Gasteiger partial charge in [-0.25, -0.2) is 0 Å². The van der Waals surface area contributed by atoms with E-state index in [0.29, 0.717) is 0 Å². The van der Waals surface area contributed by atoms with Gasteiger partial charge >= 0.3 is 0 Å². The summed E-state index contributed by atoms with van der Waals surface area (Å²) in [5, 5.41) is 0. The van der Waals surface area contributed by atoms with E-state index in [2.05, 4.69) is 19.6 Å². The van der Waals surface area contributed by atoms with Gasteiger partial charge in [-0.15, -0.1) is 0 Å².